The molecule has 0 aliphatic heterocycles. The molecule has 0 aliphatic rings. The molecule has 44 heavy (non-hydrogen) atoms. The van der Waals surface area contributed by atoms with Crippen molar-refractivity contribution in [3.05, 3.63) is 0 Å². The molecule has 1 amide bonds. The number of esters is 1. The summed E-state index contributed by atoms with van der Waals surface area (Å²) in [5.74, 6) is -1.07. The molecule has 0 fully saturated rings. The van der Waals surface area contributed by atoms with E-state index in [2.05, 4.69) is 19.2 Å². The van der Waals surface area contributed by atoms with E-state index in [-0.39, 0.29) is 0 Å². The first-order valence-corrected chi connectivity index (χ1v) is 18.8. The normalized spacial score (nSPS) is 14.2. The van der Waals surface area contributed by atoms with E-state index in [0.29, 0.717) is 12.8 Å². The van der Waals surface area contributed by atoms with Gasteiger partial charge in [0.2, 0.25) is 0 Å². The monoisotopic (exact) mass is 628 g/mol. The summed E-state index contributed by atoms with van der Waals surface area (Å²) in [6.45, 7) is 5.18. The summed E-state index contributed by atoms with van der Waals surface area (Å²) >= 11 is 0. The fourth-order valence-electron chi connectivity index (χ4n) is 5.94. The highest BCUT2D eigenvalue weighted by molar-refractivity contribution is 5.83. The Morgan fingerprint density at radius 1 is 0.568 bits per heavy atom. The van der Waals surface area contributed by atoms with Crippen LogP contribution in [0.1, 0.15) is 194 Å². The number of unbranched alkanes of at least 4 members (excludes halogenated alkanes) is 23. The van der Waals surface area contributed by atoms with E-state index in [1.807, 2.05) is 0 Å². The second-order valence-corrected chi connectivity index (χ2v) is 13.2. The van der Waals surface area contributed by atoms with Crippen LogP contribution in [0.25, 0.3) is 0 Å². The largest absolute Gasteiger partial charge is 0.452 e. The number of ether oxygens (including phenoxy) is 1. The highest BCUT2D eigenvalue weighted by Gasteiger charge is 2.30. The molecule has 4 N–H and O–H groups in total. The van der Waals surface area contributed by atoms with E-state index in [4.69, 9.17) is 4.74 Å². The van der Waals surface area contributed by atoms with Gasteiger partial charge in [-0.15, -0.1) is 0 Å². The number of hydrogen-bond donors (Lipinski definition) is 4. The summed E-state index contributed by atoms with van der Waals surface area (Å²) in [6.07, 6.45) is 28.6. The maximum atomic E-state index is 12.8. The molecule has 4 atom stereocenters. The zero-order chi connectivity index (χ0) is 32.7. The van der Waals surface area contributed by atoms with Gasteiger partial charge >= 0.3 is 5.97 Å². The zero-order valence-corrected chi connectivity index (χ0v) is 29.2. The summed E-state index contributed by atoms with van der Waals surface area (Å²) in [4.78, 5) is 24.5. The minimum Gasteiger partial charge on any atom is -0.452 e. The zero-order valence-electron chi connectivity index (χ0n) is 29.2. The molecule has 0 spiro atoms. The third-order valence-corrected chi connectivity index (χ3v) is 8.85. The smallest absolute Gasteiger partial charge is 0.303 e. The standard InChI is InChI=1S/C37H73NO6/c1-4-6-8-10-11-12-13-14-15-16-17-18-19-20-21-22-23-24-26-28-30-35(44-32(3)40)37(43)38-33(31-39)36(42)34(41)29-27-25-9-7-5-2/h33-36,39,41-42H,4-31H2,1-3H3,(H,38,43)/t33-,34+,35+,36-/m0/s1. The summed E-state index contributed by atoms with van der Waals surface area (Å²) < 4.78 is 5.26. The van der Waals surface area contributed by atoms with Crippen LogP contribution in [0.4, 0.5) is 0 Å². The van der Waals surface area contributed by atoms with Gasteiger partial charge in [-0.1, -0.05) is 168 Å². The molecule has 0 unspecified atom stereocenters. The summed E-state index contributed by atoms with van der Waals surface area (Å²) in [5, 5.41) is 33.2. The molecule has 0 aromatic carbocycles. The van der Waals surface area contributed by atoms with Crippen LogP contribution >= 0.6 is 0 Å². The summed E-state index contributed by atoms with van der Waals surface area (Å²) in [5.41, 5.74) is 0. The Kier molecular flexibility index (Phi) is 30.9. The lowest BCUT2D eigenvalue weighted by atomic mass is 9.99. The van der Waals surface area contributed by atoms with Crippen LogP contribution in [0.15, 0.2) is 0 Å². The molecular formula is C37H73NO6. The number of carbonyl (C=O) groups excluding carboxylic acids is 2. The predicted octanol–water partition coefficient (Wildman–Crippen LogP) is 8.69. The number of hydrogen-bond acceptors (Lipinski definition) is 6. The molecule has 7 heteroatoms. The van der Waals surface area contributed by atoms with Crippen molar-refractivity contribution in [3.63, 3.8) is 0 Å². The molecule has 0 aromatic rings. The van der Waals surface area contributed by atoms with Crippen molar-refractivity contribution in [2.75, 3.05) is 6.61 Å². The quantitative estimate of drug-likeness (QED) is 0.0427. The molecule has 0 saturated carbocycles. The van der Waals surface area contributed by atoms with E-state index < -0.39 is 42.8 Å². The van der Waals surface area contributed by atoms with E-state index in [1.54, 1.807) is 0 Å². The molecule has 0 aliphatic carbocycles. The Hall–Kier alpha value is -1.18. The van der Waals surface area contributed by atoms with Crippen molar-refractivity contribution in [2.45, 2.75) is 218 Å². The fraction of sp³-hybridized carbons (Fsp3) is 0.946. The van der Waals surface area contributed by atoms with Crippen LogP contribution in [0.2, 0.25) is 0 Å². The van der Waals surface area contributed by atoms with Gasteiger partial charge in [-0.05, 0) is 19.3 Å². The average Bonchev–Trinajstić information content (AvgIpc) is 3.01. The van der Waals surface area contributed by atoms with Gasteiger partial charge in [-0.2, -0.15) is 0 Å². The van der Waals surface area contributed by atoms with Crippen molar-refractivity contribution in [3.8, 4) is 0 Å². The Labute approximate surface area is 271 Å². The maximum Gasteiger partial charge on any atom is 0.303 e. The SMILES string of the molecule is CCCCCCCCCCCCCCCCCCCCCC[C@@H](OC(C)=O)C(=O)N[C@@H](CO)[C@H](O)[C@H](O)CCCCCCC. The lowest BCUT2D eigenvalue weighted by Gasteiger charge is -2.28. The Morgan fingerprint density at radius 2 is 0.909 bits per heavy atom. The molecule has 7 nitrogen and oxygen atoms in total. The molecule has 0 saturated heterocycles. The van der Waals surface area contributed by atoms with Gasteiger partial charge in [0.1, 0.15) is 6.10 Å². The van der Waals surface area contributed by atoms with Crippen LogP contribution in [0.3, 0.4) is 0 Å². The third kappa shape index (κ3) is 26.1. The van der Waals surface area contributed by atoms with Crippen LogP contribution in [0, 0.1) is 0 Å². The molecule has 262 valence electrons. The molecule has 0 heterocycles. The van der Waals surface area contributed by atoms with E-state index in [0.717, 1.165) is 51.4 Å². The van der Waals surface area contributed by atoms with Crippen molar-refractivity contribution >= 4 is 11.9 Å². The van der Waals surface area contributed by atoms with Gasteiger partial charge < -0.3 is 25.4 Å². The maximum absolute atomic E-state index is 12.8. The predicted molar refractivity (Wildman–Crippen MR) is 183 cm³/mol. The van der Waals surface area contributed by atoms with Gasteiger partial charge in [-0.3, -0.25) is 9.59 Å². The molecule has 0 bridgehead atoms. The van der Waals surface area contributed by atoms with E-state index in [1.165, 1.54) is 116 Å². The highest BCUT2D eigenvalue weighted by Crippen LogP contribution is 2.17. The van der Waals surface area contributed by atoms with Crippen molar-refractivity contribution in [2.24, 2.45) is 0 Å². The van der Waals surface area contributed by atoms with E-state index >= 15 is 0 Å². The van der Waals surface area contributed by atoms with Gasteiger partial charge in [0, 0.05) is 6.92 Å². The fourth-order valence-corrected chi connectivity index (χ4v) is 5.94. The van der Waals surface area contributed by atoms with Crippen LogP contribution in [-0.2, 0) is 14.3 Å². The third-order valence-electron chi connectivity index (χ3n) is 8.85. The van der Waals surface area contributed by atoms with Crippen molar-refractivity contribution in [1.29, 1.82) is 0 Å². The van der Waals surface area contributed by atoms with Gasteiger partial charge in [0.25, 0.3) is 5.91 Å². The first-order valence-electron chi connectivity index (χ1n) is 18.8. The lowest BCUT2D eigenvalue weighted by molar-refractivity contribution is -0.155. The van der Waals surface area contributed by atoms with Gasteiger partial charge in [-0.25, -0.2) is 0 Å². The van der Waals surface area contributed by atoms with Crippen molar-refractivity contribution in [1.82, 2.24) is 5.32 Å². The van der Waals surface area contributed by atoms with Crippen molar-refractivity contribution < 1.29 is 29.6 Å². The van der Waals surface area contributed by atoms with Gasteiger partial charge in [0.15, 0.2) is 6.10 Å². The van der Waals surface area contributed by atoms with Gasteiger partial charge in [0.05, 0.1) is 18.8 Å². The first kappa shape index (κ1) is 42.8. The summed E-state index contributed by atoms with van der Waals surface area (Å²) in [6, 6.07) is -1.01. The Balaban J connectivity index is 3.97. The number of amides is 1. The molecule has 0 aromatic heterocycles. The Morgan fingerprint density at radius 3 is 1.25 bits per heavy atom. The minimum atomic E-state index is -1.28. The van der Waals surface area contributed by atoms with Crippen LogP contribution < -0.4 is 5.32 Å². The average molecular weight is 628 g/mol. The number of aliphatic hydroxyl groups is 3. The number of aliphatic hydroxyl groups excluding tert-OH is 3. The Bertz CT molecular complexity index is 645. The first-order chi connectivity index (χ1) is 21.4. The lowest BCUT2D eigenvalue weighted by Crippen LogP contribution is -2.53. The summed E-state index contributed by atoms with van der Waals surface area (Å²) in [7, 11) is 0. The topological polar surface area (TPSA) is 116 Å². The van der Waals surface area contributed by atoms with Crippen LogP contribution in [-0.4, -0.2) is 58.2 Å². The highest BCUT2D eigenvalue weighted by atomic mass is 16.5. The number of carbonyl (C=O) groups is 2. The van der Waals surface area contributed by atoms with Crippen LogP contribution in [0.5, 0.6) is 0 Å². The molecule has 0 radical (unpaired) electrons. The molecular weight excluding hydrogens is 554 g/mol. The number of rotatable bonds is 33. The second kappa shape index (κ2) is 31.8. The number of nitrogens with one attached hydrogen (secondary N) is 1. The minimum absolute atomic E-state index is 0.401. The molecule has 0 rings (SSSR count). The second-order valence-electron chi connectivity index (χ2n) is 13.2. The van der Waals surface area contributed by atoms with E-state index in [9.17, 15) is 24.9 Å².